The normalized spacial score (nSPS) is 15.5. The molecule has 4 aromatic rings. The van der Waals surface area contributed by atoms with E-state index in [0.29, 0.717) is 53.2 Å². The molecule has 1 aliphatic rings. The van der Waals surface area contributed by atoms with Crippen molar-refractivity contribution in [3.05, 3.63) is 81.5 Å². The lowest BCUT2D eigenvalue weighted by Gasteiger charge is -2.38. The van der Waals surface area contributed by atoms with E-state index in [4.69, 9.17) is 17.3 Å². The highest BCUT2D eigenvalue weighted by molar-refractivity contribution is 6.31. The van der Waals surface area contributed by atoms with Crippen molar-refractivity contribution < 1.29 is 9.90 Å². The number of amides is 1. The Hall–Kier alpha value is -3.69. The molecule has 3 N–H and O–H groups in total. The third kappa shape index (κ3) is 4.40. The fourth-order valence-corrected chi connectivity index (χ4v) is 4.62. The number of anilines is 1. The topological polar surface area (TPSA) is 119 Å². The Kier molecular flexibility index (Phi) is 5.82. The van der Waals surface area contributed by atoms with E-state index in [9.17, 15) is 14.7 Å². The number of rotatable bonds is 4. The molecule has 1 saturated heterocycles. The molecule has 0 radical (unpaired) electrons. The summed E-state index contributed by atoms with van der Waals surface area (Å²) in [6.45, 7) is 2.76. The molecule has 0 spiro atoms. The van der Waals surface area contributed by atoms with Crippen molar-refractivity contribution in [2.45, 2.75) is 31.9 Å². The van der Waals surface area contributed by atoms with Crippen LogP contribution in [0.15, 0.2) is 59.8 Å². The zero-order chi connectivity index (χ0) is 24.7. The highest BCUT2D eigenvalue weighted by Gasteiger charge is 2.35. The summed E-state index contributed by atoms with van der Waals surface area (Å²) in [5, 5.41) is 16.4. The highest BCUT2D eigenvalue weighted by atomic mass is 35.5. The standard InChI is InChI=1S/C25H25ClN6O3/c1-16-2-5-18(6-3-16)32-22-20(13-29-32)24(34)31(15-28-22)14-25(35)8-10-30(11-9-25)23(33)19-7-4-17(26)12-21(19)27/h2-7,12-13,15,35H,8-11,14,27H2,1H3. The van der Waals surface area contributed by atoms with Crippen molar-refractivity contribution in [3.8, 4) is 5.69 Å². The van der Waals surface area contributed by atoms with Gasteiger partial charge in [0.15, 0.2) is 5.65 Å². The lowest BCUT2D eigenvalue weighted by atomic mass is 9.90. The largest absolute Gasteiger partial charge is 0.398 e. The highest BCUT2D eigenvalue weighted by Crippen LogP contribution is 2.27. The number of halogens is 1. The Morgan fingerprint density at radius 3 is 2.57 bits per heavy atom. The Morgan fingerprint density at radius 1 is 1.17 bits per heavy atom. The van der Waals surface area contributed by atoms with Crippen LogP contribution in [0.2, 0.25) is 5.02 Å². The minimum atomic E-state index is -1.14. The number of nitrogens with two attached hydrogens (primary N) is 1. The number of hydrogen-bond acceptors (Lipinski definition) is 6. The number of piperidine rings is 1. The van der Waals surface area contributed by atoms with Crippen molar-refractivity contribution in [3.63, 3.8) is 0 Å². The summed E-state index contributed by atoms with van der Waals surface area (Å²) < 4.78 is 3.04. The van der Waals surface area contributed by atoms with Crippen LogP contribution in [0, 0.1) is 6.92 Å². The maximum atomic E-state index is 13.1. The van der Waals surface area contributed by atoms with Crippen molar-refractivity contribution in [2.24, 2.45) is 0 Å². The fourth-order valence-electron chi connectivity index (χ4n) is 4.44. The summed E-state index contributed by atoms with van der Waals surface area (Å²) >= 11 is 5.93. The van der Waals surface area contributed by atoms with Crippen LogP contribution < -0.4 is 11.3 Å². The number of nitrogen functional groups attached to an aromatic ring is 1. The van der Waals surface area contributed by atoms with Crippen LogP contribution in [0.1, 0.15) is 28.8 Å². The average molecular weight is 493 g/mol. The van der Waals surface area contributed by atoms with Gasteiger partial charge in [-0.2, -0.15) is 5.10 Å². The number of nitrogens with zero attached hydrogens (tertiary/aromatic N) is 5. The van der Waals surface area contributed by atoms with E-state index in [1.807, 2.05) is 31.2 Å². The van der Waals surface area contributed by atoms with E-state index in [0.717, 1.165) is 11.3 Å². The van der Waals surface area contributed by atoms with Gasteiger partial charge in [0.1, 0.15) is 11.7 Å². The van der Waals surface area contributed by atoms with E-state index in [2.05, 4.69) is 10.1 Å². The summed E-state index contributed by atoms with van der Waals surface area (Å²) in [7, 11) is 0. The molecule has 180 valence electrons. The molecule has 9 nitrogen and oxygen atoms in total. The predicted octanol–water partition coefficient (Wildman–Crippen LogP) is 2.79. The van der Waals surface area contributed by atoms with E-state index in [1.165, 1.54) is 17.1 Å². The second-order valence-corrected chi connectivity index (χ2v) is 9.49. The lowest BCUT2D eigenvalue weighted by Crippen LogP contribution is -2.49. The lowest BCUT2D eigenvalue weighted by molar-refractivity contribution is -0.0299. The quantitative estimate of drug-likeness (QED) is 0.423. The first-order valence-electron chi connectivity index (χ1n) is 11.3. The van der Waals surface area contributed by atoms with Crippen LogP contribution in [0.5, 0.6) is 0 Å². The first-order valence-corrected chi connectivity index (χ1v) is 11.7. The van der Waals surface area contributed by atoms with Gasteiger partial charge in [-0.05, 0) is 50.1 Å². The smallest absolute Gasteiger partial charge is 0.264 e. The van der Waals surface area contributed by atoms with Gasteiger partial charge in [-0.25, -0.2) is 9.67 Å². The molecule has 0 bridgehead atoms. The molecule has 3 heterocycles. The number of hydrogen-bond donors (Lipinski definition) is 2. The molecule has 10 heteroatoms. The number of carbonyl (C=O) groups excluding carboxylic acids is 1. The van der Waals surface area contributed by atoms with E-state index in [1.54, 1.807) is 27.8 Å². The van der Waals surface area contributed by atoms with Gasteiger partial charge in [0.05, 0.1) is 29.6 Å². The number of fused-ring (bicyclic) bond motifs is 1. The van der Waals surface area contributed by atoms with Crippen LogP contribution in [0.25, 0.3) is 16.7 Å². The molecule has 5 rings (SSSR count). The predicted molar refractivity (Wildman–Crippen MR) is 134 cm³/mol. The summed E-state index contributed by atoms with van der Waals surface area (Å²) in [6.07, 6.45) is 3.59. The maximum absolute atomic E-state index is 13.1. The van der Waals surface area contributed by atoms with Crippen molar-refractivity contribution in [1.29, 1.82) is 0 Å². The monoisotopic (exact) mass is 492 g/mol. The Morgan fingerprint density at radius 2 is 1.89 bits per heavy atom. The number of aromatic nitrogens is 4. The fraction of sp³-hybridized carbons (Fsp3) is 0.280. The summed E-state index contributed by atoms with van der Waals surface area (Å²) in [5.74, 6) is -0.204. The SMILES string of the molecule is Cc1ccc(-n2ncc3c(=O)n(CC4(O)CCN(C(=O)c5ccc(Cl)cc5N)CC4)cnc32)cc1. The molecule has 0 saturated carbocycles. The molecule has 2 aromatic carbocycles. The Bertz CT molecular complexity index is 1470. The van der Waals surface area contributed by atoms with Crippen molar-refractivity contribution in [1.82, 2.24) is 24.2 Å². The van der Waals surface area contributed by atoms with Crippen LogP contribution in [0.4, 0.5) is 5.69 Å². The van der Waals surface area contributed by atoms with E-state index >= 15 is 0 Å². The molecule has 0 atom stereocenters. The van der Waals surface area contributed by atoms with Gasteiger partial charge >= 0.3 is 0 Å². The maximum Gasteiger partial charge on any atom is 0.264 e. The first-order chi connectivity index (χ1) is 16.7. The summed E-state index contributed by atoms with van der Waals surface area (Å²) in [6, 6.07) is 12.6. The van der Waals surface area contributed by atoms with Gasteiger partial charge in [0.25, 0.3) is 11.5 Å². The number of benzene rings is 2. The zero-order valence-corrected chi connectivity index (χ0v) is 19.9. The molecule has 1 aliphatic heterocycles. The van der Waals surface area contributed by atoms with Crippen LogP contribution >= 0.6 is 11.6 Å². The number of carbonyl (C=O) groups is 1. The summed E-state index contributed by atoms with van der Waals surface area (Å²) in [4.78, 5) is 32.1. The van der Waals surface area contributed by atoms with Crippen LogP contribution in [-0.4, -0.2) is 53.9 Å². The second kappa shape index (κ2) is 8.83. The molecule has 2 aromatic heterocycles. The second-order valence-electron chi connectivity index (χ2n) is 9.05. The van der Waals surface area contributed by atoms with Gasteiger partial charge in [-0.15, -0.1) is 0 Å². The number of aryl methyl sites for hydroxylation is 1. The molecule has 1 fully saturated rings. The Balaban J connectivity index is 1.32. The molecule has 35 heavy (non-hydrogen) atoms. The minimum Gasteiger partial charge on any atom is -0.398 e. The van der Waals surface area contributed by atoms with Gasteiger partial charge in [0.2, 0.25) is 0 Å². The molecule has 0 unspecified atom stereocenters. The summed E-state index contributed by atoms with van der Waals surface area (Å²) in [5.41, 5.74) is 7.65. The van der Waals surface area contributed by atoms with Gasteiger partial charge in [0, 0.05) is 23.8 Å². The third-order valence-electron chi connectivity index (χ3n) is 6.52. The molecular weight excluding hydrogens is 468 g/mol. The molecular formula is C25H25ClN6O3. The van der Waals surface area contributed by atoms with Crippen molar-refractivity contribution in [2.75, 3.05) is 18.8 Å². The van der Waals surface area contributed by atoms with Gasteiger partial charge in [-0.1, -0.05) is 29.3 Å². The third-order valence-corrected chi connectivity index (χ3v) is 6.76. The van der Waals surface area contributed by atoms with Crippen LogP contribution in [-0.2, 0) is 6.54 Å². The number of aliphatic hydroxyl groups is 1. The minimum absolute atomic E-state index is 0.0790. The van der Waals surface area contributed by atoms with Gasteiger partial charge < -0.3 is 15.7 Å². The number of likely N-dealkylation sites (tertiary alicyclic amines) is 1. The van der Waals surface area contributed by atoms with E-state index < -0.39 is 5.60 Å². The van der Waals surface area contributed by atoms with Crippen molar-refractivity contribution >= 4 is 34.2 Å². The van der Waals surface area contributed by atoms with Crippen LogP contribution in [0.3, 0.4) is 0 Å². The molecule has 1 amide bonds. The van der Waals surface area contributed by atoms with E-state index in [-0.39, 0.29) is 18.0 Å². The molecule has 0 aliphatic carbocycles. The van der Waals surface area contributed by atoms with Gasteiger partial charge in [-0.3, -0.25) is 14.2 Å². The Labute approximate surface area is 206 Å². The average Bonchev–Trinajstić information content (AvgIpc) is 3.26. The zero-order valence-electron chi connectivity index (χ0n) is 19.2. The first kappa shape index (κ1) is 23.1.